The minimum atomic E-state index is 1.35. The summed E-state index contributed by atoms with van der Waals surface area (Å²) in [6.07, 6.45) is 15.1. The van der Waals surface area contributed by atoms with Gasteiger partial charge < -0.3 is 0 Å². The van der Waals surface area contributed by atoms with Crippen LogP contribution in [0.3, 0.4) is 0 Å². The molecule has 1 aliphatic carbocycles. The normalized spacial score (nSPS) is 16.6. The highest BCUT2D eigenvalue weighted by atomic mass is 14.1. The van der Waals surface area contributed by atoms with Gasteiger partial charge in [-0.05, 0) is 32.1 Å². The molecule has 0 aromatic carbocycles. The third kappa shape index (κ3) is 3.94. The van der Waals surface area contributed by atoms with Crippen molar-refractivity contribution in [3.63, 3.8) is 0 Å². The summed E-state index contributed by atoms with van der Waals surface area (Å²) >= 11 is 0. The van der Waals surface area contributed by atoms with Crippen LogP contribution in [-0.4, -0.2) is 0 Å². The van der Waals surface area contributed by atoms with Crippen molar-refractivity contribution in [1.82, 2.24) is 0 Å². The number of rotatable bonds is 6. The summed E-state index contributed by atoms with van der Waals surface area (Å²) < 4.78 is 0. The fraction of sp³-hybridized carbons (Fsp3) is 0.833. The molecule has 0 unspecified atom stereocenters. The Kier molecular flexibility index (Phi) is 5.14. The molecule has 0 amide bonds. The second kappa shape index (κ2) is 6.28. The third-order valence-corrected chi connectivity index (χ3v) is 2.74. The van der Waals surface area contributed by atoms with Crippen molar-refractivity contribution in [2.24, 2.45) is 0 Å². The minimum Gasteiger partial charge on any atom is -0.0853 e. The lowest BCUT2D eigenvalue weighted by molar-refractivity contribution is 0.626. The van der Waals surface area contributed by atoms with Crippen molar-refractivity contribution in [3.05, 3.63) is 11.6 Å². The van der Waals surface area contributed by atoms with Crippen LogP contribution in [0.2, 0.25) is 0 Å². The Morgan fingerprint density at radius 1 is 1.17 bits per heavy atom. The highest BCUT2D eigenvalue weighted by Gasteiger charge is 2.02. The van der Waals surface area contributed by atoms with Crippen molar-refractivity contribution in [2.45, 2.75) is 64.7 Å². The van der Waals surface area contributed by atoms with Crippen molar-refractivity contribution >= 4 is 0 Å². The van der Waals surface area contributed by atoms with Crippen LogP contribution in [0.25, 0.3) is 0 Å². The summed E-state index contributed by atoms with van der Waals surface area (Å²) in [5, 5.41) is 0. The van der Waals surface area contributed by atoms with E-state index in [-0.39, 0.29) is 0 Å². The highest BCUT2D eigenvalue weighted by Crippen LogP contribution is 2.22. The zero-order chi connectivity index (χ0) is 8.65. The Morgan fingerprint density at radius 3 is 2.67 bits per heavy atom. The lowest BCUT2D eigenvalue weighted by atomic mass is 10.1. The molecule has 0 fully saturated rings. The molecule has 0 atom stereocenters. The molecule has 0 nitrogen and oxygen atoms in total. The van der Waals surface area contributed by atoms with Gasteiger partial charge in [0.05, 0.1) is 0 Å². The van der Waals surface area contributed by atoms with Crippen LogP contribution in [0.15, 0.2) is 11.6 Å². The van der Waals surface area contributed by atoms with Crippen LogP contribution in [-0.2, 0) is 0 Å². The van der Waals surface area contributed by atoms with Crippen LogP contribution in [0.4, 0.5) is 0 Å². The molecule has 0 aromatic heterocycles. The van der Waals surface area contributed by atoms with Crippen LogP contribution >= 0.6 is 0 Å². The topological polar surface area (TPSA) is 0 Å². The molecule has 0 radical (unpaired) electrons. The summed E-state index contributed by atoms with van der Waals surface area (Å²) in [6.45, 7) is 2.28. The van der Waals surface area contributed by atoms with Crippen molar-refractivity contribution in [1.29, 1.82) is 0 Å². The Balaban J connectivity index is 1.88. The van der Waals surface area contributed by atoms with Gasteiger partial charge in [-0.25, -0.2) is 0 Å². The Labute approximate surface area is 77.1 Å². The smallest absolute Gasteiger partial charge is 0.0317 e. The zero-order valence-electron chi connectivity index (χ0n) is 8.44. The van der Waals surface area contributed by atoms with Gasteiger partial charge >= 0.3 is 0 Å². The molecule has 0 spiro atoms. The lowest BCUT2D eigenvalue weighted by Crippen LogP contribution is -1.81. The van der Waals surface area contributed by atoms with E-state index in [9.17, 15) is 0 Å². The molecule has 0 aromatic rings. The maximum absolute atomic E-state index is 2.46. The third-order valence-electron chi connectivity index (χ3n) is 2.74. The fourth-order valence-electron chi connectivity index (χ4n) is 1.92. The predicted molar refractivity (Wildman–Crippen MR) is 55.3 cm³/mol. The van der Waals surface area contributed by atoms with Crippen molar-refractivity contribution in [2.75, 3.05) is 0 Å². The van der Waals surface area contributed by atoms with Crippen molar-refractivity contribution in [3.8, 4) is 0 Å². The number of allylic oxidation sites excluding steroid dienone is 2. The first kappa shape index (κ1) is 9.83. The molecule has 0 saturated carbocycles. The Bertz CT molecular complexity index is 133. The van der Waals surface area contributed by atoms with Gasteiger partial charge in [0.15, 0.2) is 0 Å². The van der Waals surface area contributed by atoms with Crippen molar-refractivity contribution < 1.29 is 0 Å². The summed E-state index contributed by atoms with van der Waals surface area (Å²) in [6, 6.07) is 0. The first-order valence-electron chi connectivity index (χ1n) is 5.61. The summed E-state index contributed by atoms with van der Waals surface area (Å²) in [5.74, 6) is 0. The van der Waals surface area contributed by atoms with E-state index in [0.29, 0.717) is 0 Å². The number of hydrogen-bond donors (Lipinski definition) is 0. The van der Waals surface area contributed by atoms with E-state index in [0.717, 1.165) is 0 Å². The second-order valence-electron chi connectivity index (χ2n) is 3.92. The summed E-state index contributed by atoms with van der Waals surface area (Å²) in [4.78, 5) is 0. The molecule has 0 heterocycles. The van der Waals surface area contributed by atoms with Gasteiger partial charge in [0.2, 0.25) is 0 Å². The molecule has 1 aliphatic rings. The number of hydrogen-bond acceptors (Lipinski definition) is 0. The standard InChI is InChI=1S/C12H22/c1-2-3-4-5-6-9-12-10-7-8-11-12/h10H,2-9,11H2,1H3. The molecule has 0 saturated heterocycles. The van der Waals surface area contributed by atoms with E-state index in [4.69, 9.17) is 0 Å². The maximum atomic E-state index is 2.46. The summed E-state index contributed by atoms with van der Waals surface area (Å²) in [7, 11) is 0. The first-order valence-corrected chi connectivity index (χ1v) is 5.61. The van der Waals surface area contributed by atoms with Gasteiger partial charge in [-0.2, -0.15) is 0 Å². The highest BCUT2D eigenvalue weighted by molar-refractivity contribution is 5.06. The van der Waals surface area contributed by atoms with E-state index in [1.807, 2.05) is 0 Å². The van der Waals surface area contributed by atoms with E-state index in [1.165, 1.54) is 57.8 Å². The molecule has 1 rings (SSSR count). The average molecular weight is 166 g/mol. The van der Waals surface area contributed by atoms with Gasteiger partial charge in [0, 0.05) is 0 Å². The number of unbranched alkanes of at least 4 members (excludes halogenated alkanes) is 4. The van der Waals surface area contributed by atoms with Crippen LogP contribution in [0.5, 0.6) is 0 Å². The van der Waals surface area contributed by atoms with Crippen LogP contribution in [0, 0.1) is 0 Å². The van der Waals surface area contributed by atoms with Gasteiger partial charge in [-0.15, -0.1) is 0 Å². The molecule has 0 N–H and O–H groups in total. The van der Waals surface area contributed by atoms with E-state index in [1.54, 1.807) is 5.57 Å². The minimum absolute atomic E-state index is 1.35. The van der Waals surface area contributed by atoms with Gasteiger partial charge in [0.25, 0.3) is 0 Å². The lowest BCUT2D eigenvalue weighted by Gasteiger charge is -2.01. The molecule has 70 valence electrons. The van der Waals surface area contributed by atoms with Crippen LogP contribution in [0.1, 0.15) is 64.7 Å². The molecule has 0 bridgehead atoms. The Hall–Kier alpha value is -0.260. The molecule has 0 heteroatoms. The van der Waals surface area contributed by atoms with Gasteiger partial charge in [-0.1, -0.05) is 44.3 Å². The Morgan fingerprint density at radius 2 is 2.00 bits per heavy atom. The van der Waals surface area contributed by atoms with Gasteiger partial charge in [0.1, 0.15) is 0 Å². The zero-order valence-corrected chi connectivity index (χ0v) is 8.44. The molecular weight excluding hydrogens is 144 g/mol. The largest absolute Gasteiger partial charge is 0.0853 e. The van der Waals surface area contributed by atoms with E-state index < -0.39 is 0 Å². The quantitative estimate of drug-likeness (QED) is 0.404. The van der Waals surface area contributed by atoms with E-state index in [2.05, 4.69) is 13.0 Å². The molecule has 0 aliphatic heterocycles. The monoisotopic (exact) mass is 166 g/mol. The second-order valence-corrected chi connectivity index (χ2v) is 3.92. The maximum Gasteiger partial charge on any atom is -0.0317 e. The molecule has 12 heavy (non-hydrogen) atoms. The summed E-state index contributed by atoms with van der Waals surface area (Å²) in [5.41, 5.74) is 1.74. The molecular formula is C12H22. The SMILES string of the molecule is CCCCCCCC1=CCCC1. The van der Waals surface area contributed by atoms with Gasteiger partial charge in [-0.3, -0.25) is 0 Å². The van der Waals surface area contributed by atoms with Crippen LogP contribution < -0.4 is 0 Å². The predicted octanol–water partition coefficient (Wildman–Crippen LogP) is 4.46. The first-order chi connectivity index (χ1) is 5.93. The fourth-order valence-corrected chi connectivity index (χ4v) is 1.92. The van der Waals surface area contributed by atoms with E-state index >= 15 is 0 Å². The average Bonchev–Trinajstić information content (AvgIpc) is 2.57.